The van der Waals surface area contributed by atoms with Gasteiger partial charge in [-0.25, -0.2) is 4.39 Å². The largest absolute Gasteiger partial charge is 0.497 e. The highest BCUT2D eigenvalue weighted by atomic mass is 35.5. The van der Waals surface area contributed by atoms with Crippen LogP contribution < -0.4 is 15.4 Å². The SMILES string of the molecule is COc1ccc(F)c(CC2(CCC(=O)NCCc3c(C)[nH]c4ccc(Cl)cc34)CCC(=O)N2)c1. The molecule has 3 aromatic rings. The van der Waals surface area contributed by atoms with E-state index < -0.39 is 5.54 Å². The van der Waals surface area contributed by atoms with Gasteiger partial charge in [-0.1, -0.05) is 11.6 Å². The number of methoxy groups -OCH3 is 1. The summed E-state index contributed by atoms with van der Waals surface area (Å²) in [5.74, 6) is 0.0433. The third-order valence-corrected chi connectivity index (χ3v) is 6.86. The van der Waals surface area contributed by atoms with Gasteiger partial charge in [0.2, 0.25) is 11.8 Å². The van der Waals surface area contributed by atoms with Gasteiger partial charge in [0.15, 0.2) is 0 Å². The van der Waals surface area contributed by atoms with Crippen molar-refractivity contribution in [2.75, 3.05) is 13.7 Å². The Morgan fingerprint density at radius 1 is 1.26 bits per heavy atom. The fraction of sp³-hybridized carbons (Fsp3) is 0.385. The zero-order chi connectivity index (χ0) is 24.3. The maximum Gasteiger partial charge on any atom is 0.220 e. The lowest BCUT2D eigenvalue weighted by atomic mass is 9.84. The van der Waals surface area contributed by atoms with Crippen LogP contribution in [0.25, 0.3) is 10.9 Å². The Bertz CT molecular complexity index is 1230. The van der Waals surface area contributed by atoms with Crippen LogP contribution >= 0.6 is 11.6 Å². The van der Waals surface area contributed by atoms with Crippen LogP contribution in [-0.2, 0) is 22.4 Å². The molecule has 0 aliphatic carbocycles. The molecule has 6 nitrogen and oxygen atoms in total. The summed E-state index contributed by atoms with van der Waals surface area (Å²) in [5, 5.41) is 7.72. The van der Waals surface area contributed by atoms with Crippen LogP contribution in [0.2, 0.25) is 5.02 Å². The molecule has 1 atom stereocenters. The van der Waals surface area contributed by atoms with E-state index in [0.29, 0.717) is 55.0 Å². The molecule has 0 spiro atoms. The molecule has 1 aliphatic heterocycles. The second kappa shape index (κ2) is 10.1. The van der Waals surface area contributed by atoms with Crippen molar-refractivity contribution in [3.63, 3.8) is 0 Å². The molecule has 0 bridgehead atoms. The van der Waals surface area contributed by atoms with Gasteiger partial charge in [-0.05, 0) is 80.1 Å². The summed E-state index contributed by atoms with van der Waals surface area (Å²) < 4.78 is 19.7. The number of aromatic nitrogens is 1. The van der Waals surface area contributed by atoms with Crippen molar-refractivity contribution in [2.24, 2.45) is 0 Å². The first-order chi connectivity index (χ1) is 16.3. The van der Waals surface area contributed by atoms with Gasteiger partial charge in [0, 0.05) is 46.5 Å². The van der Waals surface area contributed by atoms with Gasteiger partial charge in [0.25, 0.3) is 0 Å². The second-order valence-electron chi connectivity index (χ2n) is 8.98. The molecule has 8 heteroatoms. The van der Waals surface area contributed by atoms with Crippen LogP contribution in [0.4, 0.5) is 4.39 Å². The maximum atomic E-state index is 14.4. The Morgan fingerprint density at radius 3 is 2.82 bits per heavy atom. The van der Waals surface area contributed by atoms with Crippen molar-refractivity contribution < 1.29 is 18.7 Å². The lowest BCUT2D eigenvalue weighted by Gasteiger charge is -2.29. The first-order valence-electron chi connectivity index (χ1n) is 11.5. The standard InChI is InChI=1S/C26H29ClFN3O3/c1-16-20(21-14-18(27)3-6-23(21)30-16)9-12-29-24(32)7-10-26(11-8-25(33)31-26)15-17-13-19(34-2)4-5-22(17)28/h3-6,13-14,30H,7-12,15H2,1-2H3,(H,29,32)(H,31,33). The van der Waals surface area contributed by atoms with E-state index in [1.54, 1.807) is 12.1 Å². The van der Waals surface area contributed by atoms with Crippen molar-refractivity contribution in [2.45, 2.75) is 51.0 Å². The van der Waals surface area contributed by atoms with Gasteiger partial charge in [-0.15, -0.1) is 0 Å². The number of halogens is 2. The number of amides is 2. The van der Waals surface area contributed by atoms with E-state index in [2.05, 4.69) is 15.6 Å². The zero-order valence-corrected chi connectivity index (χ0v) is 20.2. The molecule has 1 saturated heterocycles. The van der Waals surface area contributed by atoms with E-state index in [4.69, 9.17) is 16.3 Å². The highest BCUT2D eigenvalue weighted by Gasteiger charge is 2.38. The number of nitrogens with one attached hydrogen (secondary N) is 3. The Kier molecular flexibility index (Phi) is 7.12. The quantitative estimate of drug-likeness (QED) is 0.414. The highest BCUT2D eigenvalue weighted by Crippen LogP contribution is 2.31. The minimum absolute atomic E-state index is 0.0721. The van der Waals surface area contributed by atoms with Crippen LogP contribution in [0, 0.1) is 12.7 Å². The molecule has 1 aliphatic rings. The van der Waals surface area contributed by atoms with Crippen LogP contribution in [0.1, 0.15) is 42.5 Å². The number of carbonyl (C=O) groups excluding carboxylic acids is 2. The Morgan fingerprint density at radius 2 is 2.09 bits per heavy atom. The molecule has 1 aromatic heterocycles. The number of hydrogen-bond acceptors (Lipinski definition) is 3. The Balaban J connectivity index is 1.36. The molecular formula is C26H29ClFN3O3. The molecular weight excluding hydrogens is 457 g/mol. The predicted octanol–water partition coefficient (Wildman–Crippen LogP) is 4.61. The first-order valence-corrected chi connectivity index (χ1v) is 11.8. The fourth-order valence-electron chi connectivity index (χ4n) is 4.81. The minimum Gasteiger partial charge on any atom is -0.497 e. The average Bonchev–Trinajstić information content (AvgIpc) is 3.33. The molecule has 2 heterocycles. The highest BCUT2D eigenvalue weighted by molar-refractivity contribution is 6.31. The molecule has 2 amide bonds. The van der Waals surface area contributed by atoms with Crippen LogP contribution in [-0.4, -0.2) is 36.0 Å². The van der Waals surface area contributed by atoms with Crippen molar-refractivity contribution in [3.8, 4) is 5.75 Å². The minimum atomic E-state index is -0.647. The molecule has 0 radical (unpaired) electrons. The van der Waals surface area contributed by atoms with Crippen molar-refractivity contribution in [1.29, 1.82) is 0 Å². The summed E-state index contributed by atoms with van der Waals surface area (Å²) in [6.07, 6.45) is 2.59. The molecule has 0 saturated carbocycles. The lowest BCUT2D eigenvalue weighted by molar-refractivity contribution is -0.122. The third kappa shape index (κ3) is 5.36. The normalized spacial score (nSPS) is 17.7. The maximum absolute atomic E-state index is 14.4. The van der Waals surface area contributed by atoms with E-state index in [0.717, 1.165) is 22.2 Å². The summed E-state index contributed by atoms with van der Waals surface area (Å²) in [4.78, 5) is 28.0. The molecule has 1 fully saturated rings. The van der Waals surface area contributed by atoms with Gasteiger partial charge in [0.1, 0.15) is 11.6 Å². The Hall–Kier alpha value is -3.06. The number of carbonyl (C=O) groups is 2. The number of ether oxygens (including phenoxy) is 1. The molecule has 1 unspecified atom stereocenters. The molecule has 34 heavy (non-hydrogen) atoms. The van der Waals surface area contributed by atoms with Crippen molar-refractivity contribution in [3.05, 3.63) is 64.1 Å². The van der Waals surface area contributed by atoms with Crippen molar-refractivity contribution >= 4 is 34.3 Å². The molecule has 3 N–H and O–H groups in total. The van der Waals surface area contributed by atoms with Crippen LogP contribution in [0.5, 0.6) is 5.75 Å². The zero-order valence-electron chi connectivity index (χ0n) is 19.4. The topological polar surface area (TPSA) is 83.2 Å². The van der Waals surface area contributed by atoms with Gasteiger partial charge in [-0.3, -0.25) is 9.59 Å². The van der Waals surface area contributed by atoms with Crippen LogP contribution in [0.3, 0.4) is 0 Å². The summed E-state index contributed by atoms with van der Waals surface area (Å²) in [6, 6.07) is 10.3. The van der Waals surface area contributed by atoms with E-state index >= 15 is 0 Å². The first kappa shape index (κ1) is 24.1. The monoisotopic (exact) mass is 485 g/mol. The fourth-order valence-corrected chi connectivity index (χ4v) is 4.98. The van der Waals surface area contributed by atoms with E-state index in [-0.39, 0.29) is 24.1 Å². The number of H-pyrrole nitrogens is 1. The predicted molar refractivity (Wildman–Crippen MR) is 131 cm³/mol. The third-order valence-electron chi connectivity index (χ3n) is 6.63. The number of rotatable bonds is 9. The number of fused-ring (bicyclic) bond motifs is 1. The van der Waals surface area contributed by atoms with E-state index in [1.165, 1.54) is 13.2 Å². The van der Waals surface area contributed by atoms with Gasteiger partial charge < -0.3 is 20.4 Å². The van der Waals surface area contributed by atoms with Crippen LogP contribution in [0.15, 0.2) is 36.4 Å². The number of hydrogen-bond donors (Lipinski definition) is 3. The summed E-state index contributed by atoms with van der Waals surface area (Å²) >= 11 is 6.15. The summed E-state index contributed by atoms with van der Waals surface area (Å²) in [5.41, 5.74) is 3.03. The van der Waals surface area contributed by atoms with Crippen molar-refractivity contribution in [1.82, 2.24) is 15.6 Å². The van der Waals surface area contributed by atoms with E-state index in [1.807, 2.05) is 25.1 Å². The molecule has 180 valence electrons. The average molecular weight is 486 g/mol. The Labute approximate surface area is 203 Å². The summed E-state index contributed by atoms with van der Waals surface area (Å²) in [6.45, 7) is 2.50. The van der Waals surface area contributed by atoms with Gasteiger partial charge >= 0.3 is 0 Å². The summed E-state index contributed by atoms with van der Waals surface area (Å²) in [7, 11) is 1.53. The van der Waals surface area contributed by atoms with E-state index in [9.17, 15) is 14.0 Å². The number of aryl methyl sites for hydroxylation is 1. The van der Waals surface area contributed by atoms with Gasteiger partial charge in [-0.2, -0.15) is 0 Å². The number of aromatic amines is 1. The van der Waals surface area contributed by atoms with Gasteiger partial charge in [0.05, 0.1) is 7.11 Å². The molecule has 2 aromatic carbocycles. The second-order valence-corrected chi connectivity index (χ2v) is 9.42. The lowest BCUT2D eigenvalue weighted by Crippen LogP contribution is -2.44. The smallest absolute Gasteiger partial charge is 0.220 e. The molecule has 4 rings (SSSR count). The number of benzene rings is 2.